The Morgan fingerprint density at radius 3 is 2.50 bits per heavy atom. The quantitative estimate of drug-likeness (QED) is 0.847. The van der Waals surface area contributed by atoms with Gasteiger partial charge in [0.1, 0.15) is 5.75 Å². The predicted octanol–water partition coefficient (Wildman–Crippen LogP) is 3.27. The summed E-state index contributed by atoms with van der Waals surface area (Å²) in [6.45, 7) is 10.0. The van der Waals surface area contributed by atoms with E-state index in [-0.39, 0.29) is 0 Å². The van der Waals surface area contributed by atoms with Gasteiger partial charge in [0.05, 0.1) is 6.61 Å². The fourth-order valence-corrected chi connectivity index (χ4v) is 1.43. The molecule has 16 heavy (non-hydrogen) atoms. The van der Waals surface area contributed by atoms with Crippen LogP contribution >= 0.6 is 0 Å². The van der Waals surface area contributed by atoms with E-state index in [4.69, 9.17) is 10.5 Å². The van der Waals surface area contributed by atoms with E-state index in [9.17, 15) is 0 Å². The number of rotatable bonds is 4. The molecule has 0 aliphatic carbocycles. The lowest BCUT2D eigenvalue weighted by atomic mass is 9.93. The molecule has 0 spiro atoms. The van der Waals surface area contributed by atoms with E-state index in [1.165, 1.54) is 5.56 Å². The van der Waals surface area contributed by atoms with Gasteiger partial charge in [0.2, 0.25) is 0 Å². The summed E-state index contributed by atoms with van der Waals surface area (Å²) in [5, 5.41) is 0. The van der Waals surface area contributed by atoms with Gasteiger partial charge in [0.25, 0.3) is 0 Å². The predicted molar refractivity (Wildman–Crippen MR) is 68.6 cm³/mol. The van der Waals surface area contributed by atoms with Crippen LogP contribution in [0.15, 0.2) is 18.2 Å². The van der Waals surface area contributed by atoms with Crippen LogP contribution in [0, 0.1) is 12.3 Å². The molecule has 1 aromatic carbocycles. The van der Waals surface area contributed by atoms with E-state index in [0.29, 0.717) is 12.0 Å². The molecule has 0 saturated carbocycles. The van der Waals surface area contributed by atoms with E-state index in [1.807, 2.05) is 6.07 Å². The normalized spacial score (nSPS) is 11.6. The minimum absolute atomic E-state index is 0.312. The second kappa shape index (κ2) is 5.35. The summed E-state index contributed by atoms with van der Waals surface area (Å²) in [5.41, 5.74) is 8.28. The summed E-state index contributed by atoms with van der Waals surface area (Å²) in [6.07, 6.45) is 1.05. The first kappa shape index (κ1) is 13.0. The van der Waals surface area contributed by atoms with Crippen LogP contribution in [0.1, 0.15) is 38.3 Å². The largest absolute Gasteiger partial charge is 0.493 e. The van der Waals surface area contributed by atoms with Crippen molar-refractivity contribution in [3.05, 3.63) is 29.3 Å². The van der Waals surface area contributed by atoms with Gasteiger partial charge < -0.3 is 10.5 Å². The number of ether oxygens (including phenoxy) is 1. The molecule has 0 aliphatic heterocycles. The Morgan fingerprint density at radius 2 is 1.94 bits per heavy atom. The second-order valence-corrected chi connectivity index (χ2v) is 5.47. The molecule has 1 aromatic rings. The zero-order chi connectivity index (χ0) is 12.2. The van der Waals surface area contributed by atoms with Crippen LogP contribution in [0.4, 0.5) is 0 Å². The van der Waals surface area contributed by atoms with Crippen LogP contribution in [0.2, 0.25) is 0 Å². The standard InChI is InChI=1S/C14H23NO/c1-11-5-6-12(10-15)13(9-11)16-8-7-14(2,3)4/h5-6,9H,7-8,10,15H2,1-4H3. The molecule has 0 amide bonds. The molecule has 0 heterocycles. The highest BCUT2D eigenvalue weighted by atomic mass is 16.5. The van der Waals surface area contributed by atoms with E-state index in [1.54, 1.807) is 0 Å². The molecular weight excluding hydrogens is 198 g/mol. The molecule has 90 valence electrons. The summed E-state index contributed by atoms with van der Waals surface area (Å²) >= 11 is 0. The Labute approximate surface area is 98.8 Å². The fourth-order valence-electron chi connectivity index (χ4n) is 1.43. The van der Waals surface area contributed by atoms with Crippen LogP contribution < -0.4 is 10.5 Å². The zero-order valence-corrected chi connectivity index (χ0v) is 10.8. The first-order valence-corrected chi connectivity index (χ1v) is 5.85. The minimum Gasteiger partial charge on any atom is -0.493 e. The van der Waals surface area contributed by atoms with Gasteiger partial charge in [0.15, 0.2) is 0 Å². The molecule has 0 radical (unpaired) electrons. The number of hydrogen-bond donors (Lipinski definition) is 1. The Kier molecular flexibility index (Phi) is 4.36. The molecule has 0 aliphatic rings. The first-order valence-electron chi connectivity index (χ1n) is 5.85. The number of hydrogen-bond acceptors (Lipinski definition) is 2. The molecule has 0 bridgehead atoms. The summed E-state index contributed by atoms with van der Waals surface area (Å²) in [4.78, 5) is 0. The summed E-state index contributed by atoms with van der Waals surface area (Å²) < 4.78 is 5.80. The average Bonchev–Trinajstić information content (AvgIpc) is 2.16. The van der Waals surface area contributed by atoms with Crippen molar-refractivity contribution in [3.63, 3.8) is 0 Å². The van der Waals surface area contributed by atoms with Gasteiger partial charge in [-0.1, -0.05) is 32.9 Å². The van der Waals surface area contributed by atoms with Crippen LogP contribution in [0.25, 0.3) is 0 Å². The van der Waals surface area contributed by atoms with Crippen molar-refractivity contribution >= 4 is 0 Å². The molecule has 0 fully saturated rings. The average molecular weight is 221 g/mol. The molecular formula is C14H23NO. The topological polar surface area (TPSA) is 35.2 Å². The van der Waals surface area contributed by atoms with Gasteiger partial charge in [-0.05, 0) is 30.4 Å². The maximum absolute atomic E-state index is 5.80. The third kappa shape index (κ3) is 4.23. The maximum Gasteiger partial charge on any atom is 0.124 e. The maximum atomic E-state index is 5.80. The van der Waals surface area contributed by atoms with E-state index in [2.05, 4.69) is 39.8 Å². The Bertz CT molecular complexity index is 339. The zero-order valence-electron chi connectivity index (χ0n) is 10.8. The van der Waals surface area contributed by atoms with Crippen LogP contribution in [0.3, 0.4) is 0 Å². The molecule has 2 nitrogen and oxygen atoms in total. The van der Waals surface area contributed by atoms with Gasteiger partial charge >= 0.3 is 0 Å². The summed E-state index contributed by atoms with van der Waals surface area (Å²) in [6, 6.07) is 6.17. The van der Waals surface area contributed by atoms with Crippen molar-refractivity contribution in [1.29, 1.82) is 0 Å². The minimum atomic E-state index is 0.312. The van der Waals surface area contributed by atoms with Crippen molar-refractivity contribution < 1.29 is 4.74 Å². The van der Waals surface area contributed by atoms with E-state index < -0.39 is 0 Å². The third-order valence-corrected chi connectivity index (χ3v) is 2.55. The molecule has 2 heteroatoms. The number of benzene rings is 1. The van der Waals surface area contributed by atoms with Crippen LogP contribution in [-0.4, -0.2) is 6.61 Å². The van der Waals surface area contributed by atoms with Gasteiger partial charge in [-0.15, -0.1) is 0 Å². The van der Waals surface area contributed by atoms with Gasteiger partial charge in [-0.3, -0.25) is 0 Å². The Morgan fingerprint density at radius 1 is 1.25 bits per heavy atom. The second-order valence-electron chi connectivity index (χ2n) is 5.47. The van der Waals surface area contributed by atoms with Crippen molar-refractivity contribution in [3.8, 4) is 5.75 Å². The molecule has 0 unspecified atom stereocenters. The smallest absolute Gasteiger partial charge is 0.124 e. The SMILES string of the molecule is Cc1ccc(CN)c(OCCC(C)(C)C)c1. The van der Waals surface area contributed by atoms with Crippen molar-refractivity contribution in [2.75, 3.05) is 6.61 Å². The fraction of sp³-hybridized carbons (Fsp3) is 0.571. The van der Waals surface area contributed by atoms with Crippen molar-refractivity contribution in [2.45, 2.75) is 40.7 Å². The lowest BCUT2D eigenvalue weighted by Crippen LogP contribution is -2.12. The highest BCUT2D eigenvalue weighted by Crippen LogP contribution is 2.23. The molecule has 2 N–H and O–H groups in total. The highest BCUT2D eigenvalue weighted by Gasteiger charge is 2.10. The molecule has 0 atom stereocenters. The van der Waals surface area contributed by atoms with Crippen LogP contribution in [0.5, 0.6) is 5.75 Å². The highest BCUT2D eigenvalue weighted by molar-refractivity contribution is 5.36. The molecule has 0 aromatic heterocycles. The van der Waals surface area contributed by atoms with E-state index >= 15 is 0 Å². The molecule has 0 saturated heterocycles. The monoisotopic (exact) mass is 221 g/mol. The summed E-state index contributed by atoms with van der Waals surface area (Å²) in [7, 11) is 0. The first-order chi connectivity index (χ1) is 7.42. The Hall–Kier alpha value is -1.02. The number of nitrogens with two attached hydrogens (primary N) is 1. The lowest BCUT2D eigenvalue weighted by molar-refractivity contribution is 0.241. The number of aryl methyl sites for hydroxylation is 1. The lowest BCUT2D eigenvalue weighted by Gasteiger charge is -2.19. The van der Waals surface area contributed by atoms with Gasteiger partial charge in [0, 0.05) is 12.1 Å². The third-order valence-electron chi connectivity index (χ3n) is 2.55. The van der Waals surface area contributed by atoms with Crippen LogP contribution in [-0.2, 0) is 6.54 Å². The van der Waals surface area contributed by atoms with Gasteiger partial charge in [-0.2, -0.15) is 0 Å². The van der Waals surface area contributed by atoms with Crippen molar-refractivity contribution in [2.24, 2.45) is 11.1 Å². The van der Waals surface area contributed by atoms with E-state index in [0.717, 1.165) is 24.3 Å². The van der Waals surface area contributed by atoms with Gasteiger partial charge in [-0.25, -0.2) is 0 Å². The molecule has 1 rings (SSSR count). The van der Waals surface area contributed by atoms with Crippen molar-refractivity contribution in [1.82, 2.24) is 0 Å². The Balaban J connectivity index is 2.62. The summed E-state index contributed by atoms with van der Waals surface area (Å²) in [5.74, 6) is 0.937.